The lowest BCUT2D eigenvalue weighted by Crippen LogP contribution is -2.45. The Balaban J connectivity index is 1.86. The van der Waals surface area contributed by atoms with Crippen molar-refractivity contribution in [1.82, 2.24) is 9.80 Å². The molecule has 0 atom stereocenters. The van der Waals surface area contributed by atoms with Gasteiger partial charge in [0.2, 0.25) is 5.91 Å². The lowest BCUT2D eigenvalue weighted by molar-refractivity contribution is -0.145. The van der Waals surface area contributed by atoms with Crippen LogP contribution >= 0.6 is 0 Å². The van der Waals surface area contributed by atoms with Crippen molar-refractivity contribution < 1.29 is 24.2 Å². The van der Waals surface area contributed by atoms with E-state index in [0.29, 0.717) is 38.1 Å². The molecule has 0 radical (unpaired) electrons. The zero-order valence-electron chi connectivity index (χ0n) is 16.2. The van der Waals surface area contributed by atoms with Gasteiger partial charge in [-0.15, -0.1) is 0 Å². The van der Waals surface area contributed by atoms with Crippen LogP contribution in [0.15, 0.2) is 24.3 Å². The molecule has 0 saturated carbocycles. The molecule has 0 spiro atoms. The highest BCUT2D eigenvalue weighted by atomic mass is 16.5. The first-order valence-corrected chi connectivity index (χ1v) is 9.24. The van der Waals surface area contributed by atoms with E-state index in [2.05, 4.69) is 0 Å². The van der Waals surface area contributed by atoms with Gasteiger partial charge in [0.05, 0.1) is 25.2 Å². The molecule has 27 heavy (non-hydrogen) atoms. The predicted octanol–water partition coefficient (Wildman–Crippen LogP) is 2.01. The molecule has 1 N–H and O–H groups in total. The number of carbonyl (C=O) groups excluding carboxylic acids is 2. The van der Waals surface area contributed by atoms with Crippen molar-refractivity contribution in [2.24, 2.45) is 5.92 Å². The van der Waals surface area contributed by atoms with Crippen molar-refractivity contribution in [2.45, 2.75) is 39.4 Å². The smallest absolute Gasteiger partial charge is 0.306 e. The molecular formula is C20H28N2O5. The van der Waals surface area contributed by atoms with Crippen LogP contribution in [0, 0.1) is 5.92 Å². The molecule has 1 aliphatic rings. The van der Waals surface area contributed by atoms with E-state index in [1.165, 1.54) is 4.90 Å². The highest BCUT2D eigenvalue weighted by Crippen LogP contribution is 2.17. The summed E-state index contributed by atoms with van der Waals surface area (Å²) in [6.45, 7) is 5.24. The normalized spacial score (nSPS) is 15.0. The van der Waals surface area contributed by atoms with E-state index in [0.717, 1.165) is 5.56 Å². The van der Waals surface area contributed by atoms with Crippen LogP contribution in [0.3, 0.4) is 0 Å². The molecule has 7 nitrogen and oxygen atoms in total. The summed E-state index contributed by atoms with van der Waals surface area (Å²) in [4.78, 5) is 38.9. The number of piperidine rings is 1. The van der Waals surface area contributed by atoms with Gasteiger partial charge in [-0.05, 0) is 44.4 Å². The Morgan fingerprint density at radius 1 is 1.19 bits per heavy atom. The molecule has 1 fully saturated rings. The predicted molar refractivity (Wildman–Crippen MR) is 100 cm³/mol. The number of nitrogens with zero attached hydrogens (tertiary/aromatic N) is 2. The minimum Gasteiger partial charge on any atom is -0.481 e. The summed E-state index contributed by atoms with van der Waals surface area (Å²) < 4.78 is 5.54. The minimum absolute atomic E-state index is 0.0191. The fraction of sp³-hybridized carbons (Fsp3) is 0.550. The molecule has 7 heteroatoms. The van der Waals surface area contributed by atoms with Crippen molar-refractivity contribution in [3.8, 4) is 0 Å². The summed E-state index contributed by atoms with van der Waals surface area (Å²) in [6.07, 6.45) is 1.06. The number of ether oxygens (including phenoxy) is 1. The summed E-state index contributed by atoms with van der Waals surface area (Å²) in [5.41, 5.74) is 1.50. The molecule has 2 amide bonds. The topological polar surface area (TPSA) is 87.2 Å². The van der Waals surface area contributed by atoms with Gasteiger partial charge in [0, 0.05) is 25.7 Å². The van der Waals surface area contributed by atoms with E-state index >= 15 is 0 Å². The lowest BCUT2D eigenvalue weighted by Gasteiger charge is -2.31. The molecule has 0 aromatic heterocycles. The van der Waals surface area contributed by atoms with Crippen molar-refractivity contribution in [3.63, 3.8) is 0 Å². The highest BCUT2D eigenvalue weighted by molar-refractivity contribution is 5.96. The molecule has 1 aromatic carbocycles. The van der Waals surface area contributed by atoms with E-state index in [4.69, 9.17) is 9.84 Å². The van der Waals surface area contributed by atoms with Gasteiger partial charge < -0.3 is 19.6 Å². The van der Waals surface area contributed by atoms with E-state index < -0.39 is 5.97 Å². The average molecular weight is 376 g/mol. The lowest BCUT2D eigenvalue weighted by atomic mass is 9.97. The van der Waals surface area contributed by atoms with Crippen LogP contribution in [-0.2, 0) is 20.9 Å². The van der Waals surface area contributed by atoms with Gasteiger partial charge in [-0.2, -0.15) is 0 Å². The number of benzene rings is 1. The summed E-state index contributed by atoms with van der Waals surface area (Å²) in [7, 11) is 1.60. The van der Waals surface area contributed by atoms with Gasteiger partial charge in [0.25, 0.3) is 5.91 Å². The van der Waals surface area contributed by atoms with Crippen molar-refractivity contribution in [2.75, 3.05) is 26.7 Å². The SMILES string of the molecule is CC(C)OCc1ccc(C(=O)N(C)CC(=O)N2CCC(C(=O)O)CC2)cc1. The van der Waals surface area contributed by atoms with E-state index in [1.807, 2.05) is 26.0 Å². The van der Waals surface area contributed by atoms with Gasteiger partial charge in [-0.25, -0.2) is 0 Å². The van der Waals surface area contributed by atoms with Gasteiger partial charge in [0.1, 0.15) is 0 Å². The summed E-state index contributed by atoms with van der Waals surface area (Å²) >= 11 is 0. The van der Waals surface area contributed by atoms with Crippen LogP contribution in [0.2, 0.25) is 0 Å². The fourth-order valence-electron chi connectivity index (χ4n) is 2.98. The number of hydrogen-bond acceptors (Lipinski definition) is 4. The molecule has 148 valence electrons. The second-order valence-corrected chi connectivity index (χ2v) is 7.21. The largest absolute Gasteiger partial charge is 0.481 e. The van der Waals surface area contributed by atoms with Crippen LogP contribution in [0.5, 0.6) is 0 Å². The standard InChI is InChI=1S/C20H28N2O5/c1-14(2)27-13-15-4-6-16(7-5-15)19(24)21(3)12-18(23)22-10-8-17(9-11-22)20(25)26/h4-7,14,17H,8-13H2,1-3H3,(H,25,26). The minimum atomic E-state index is -0.809. The van der Waals surface area contributed by atoms with E-state index in [1.54, 1.807) is 24.1 Å². The first kappa shape index (κ1) is 20.9. The molecular weight excluding hydrogens is 348 g/mol. The van der Waals surface area contributed by atoms with Crippen LogP contribution < -0.4 is 0 Å². The molecule has 1 aromatic rings. The van der Waals surface area contributed by atoms with Gasteiger partial charge in [-0.1, -0.05) is 12.1 Å². The summed E-state index contributed by atoms with van der Waals surface area (Å²) in [6, 6.07) is 7.17. The van der Waals surface area contributed by atoms with Gasteiger partial charge in [0.15, 0.2) is 0 Å². The fourth-order valence-corrected chi connectivity index (χ4v) is 2.98. The zero-order chi connectivity index (χ0) is 20.0. The maximum absolute atomic E-state index is 12.5. The third-order valence-electron chi connectivity index (χ3n) is 4.70. The monoisotopic (exact) mass is 376 g/mol. The number of carboxylic acid groups (broad SMARTS) is 1. The molecule has 1 heterocycles. The van der Waals surface area contributed by atoms with E-state index in [9.17, 15) is 14.4 Å². The van der Waals surface area contributed by atoms with Gasteiger partial charge in [-0.3, -0.25) is 14.4 Å². The highest BCUT2D eigenvalue weighted by Gasteiger charge is 2.28. The number of aliphatic carboxylic acids is 1. The Hall–Kier alpha value is -2.41. The molecule has 0 bridgehead atoms. The van der Waals surface area contributed by atoms with Gasteiger partial charge >= 0.3 is 5.97 Å². The average Bonchev–Trinajstić information content (AvgIpc) is 2.66. The van der Waals surface area contributed by atoms with E-state index in [-0.39, 0.29) is 30.4 Å². The Morgan fingerprint density at radius 2 is 1.78 bits per heavy atom. The van der Waals surface area contributed by atoms with Crippen molar-refractivity contribution >= 4 is 17.8 Å². The summed E-state index contributed by atoms with van der Waals surface area (Å²) in [5, 5.41) is 9.02. The van der Waals surface area contributed by atoms with Crippen LogP contribution in [0.1, 0.15) is 42.6 Å². The van der Waals surface area contributed by atoms with Crippen LogP contribution in [0.4, 0.5) is 0 Å². The summed E-state index contributed by atoms with van der Waals surface area (Å²) in [5.74, 6) is -1.57. The Bertz CT molecular complexity index is 663. The van der Waals surface area contributed by atoms with Crippen LogP contribution in [-0.4, -0.2) is 65.5 Å². The third kappa shape index (κ3) is 6.06. The molecule has 1 aliphatic heterocycles. The van der Waals surface area contributed by atoms with Crippen LogP contribution in [0.25, 0.3) is 0 Å². The first-order valence-electron chi connectivity index (χ1n) is 9.24. The quantitative estimate of drug-likeness (QED) is 0.787. The molecule has 1 saturated heterocycles. The first-order chi connectivity index (χ1) is 12.8. The number of hydrogen-bond donors (Lipinski definition) is 1. The second-order valence-electron chi connectivity index (χ2n) is 7.21. The maximum Gasteiger partial charge on any atom is 0.306 e. The van der Waals surface area contributed by atoms with Crippen molar-refractivity contribution in [1.29, 1.82) is 0 Å². The third-order valence-corrected chi connectivity index (χ3v) is 4.70. The van der Waals surface area contributed by atoms with Crippen molar-refractivity contribution in [3.05, 3.63) is 35.4 Å². The Kier molecular flexibility index (Phi) is 7.36. The number of carbonyl (C=O) groups is 3. The molecule has 0 aliphatic carbocycles. The zero-order valence-corrected chi connectivity index (χ0v) is 16.2. The second kappa shape index (κ2) is 9.50. The number of carboxylic acids is 1. The Labute approximate surface area is 159 Å². The Morgan fingerprint density at radius 3 is 2.30 bits per heavy atom. The number of likely N-dealkylation sites (N-methyl/N-ethyl adjacent to an activating group) is 1. The maximum atomic E-state index is 12.5. The molecule has 2 rings (SSSR count). The number of amides is 2. The number of likely N-dealkylation sites (tertiary alicyclic amines) is 1. The molecule has 0 unspecified atom stereocenters. The number of rotatable bonds is 7.